The number of nitrogens with zero attached hydrogens (tertiary/aromatic N) is 4. The molecular weight excluding hydrogens is 504 g/mol. The number of rotatable bonds is 4. The Morgan fingerprint density at radius 2 is 0.878 bits per heavy atom. The van der Waals surface area contributed by atoms with Gasteiger partial charge in [0.25, 0.3) is 0 Å². The third-order valence-electron chi connectivity index (χ3n) is 7.36. The average molecular weight is 539 g/mol. The van der Waals surface area contributed by atoms with Crippen LogP contribution in [0, 0.1) is 0 Å². The van der Waals surface area contributed by atoms with Gasteiger partial charge in [-0.1, -0.05) is 77.9 Å². The van der Waals surface area contributed by atoms with Gasteiger partial charge in [-0.25, -0.2) is 0 Å². The van der Waals surface area contributed by atoms with E-state index in [-0.39, 0.29) is 10.8 Å². The maximum absolute atomic E-state index is 6.65. The molecule has 6 rings (SSSR count). The van der Waals surface area contributed by atoms with Crippen LogP contribution < -0.4 is 4.74 Å². The molecule has 41 heavy (non-hydrogen) atoms. The van der Waals surface area contributed by atoms with Crippen LogP contribution in [0.4, 0.5) is 0 Å². The van der Waals surface area contributed by atoms with E-state index in [4.69, 9.17) is 4.74 Å². The van der Waals surface area contributed by atoms with Gasteiger partial charge in [0.05, 0.1) is 22.4 Å². The zero-order chi connectivity index (χ0) is 28.8. The molecule has 0 atom stereocenters. The number of hydrogen-bond acceptors (Lipinski definition) is 5. The van der Waals surface area contributed by atoms with Crippen molar-refractivity contribution in [2.24, 2.45) is 0 Å². The van der Waals surface area contributed by atoms with Gasteiger partial charge in [0, 0.05) is 21.9 Å². The molecule has 0 spiro atoms. The van der Waals surface area contributed by atoms with Crippen molar-refractivity contribution in [1.82, 2.24) is 20.4 Å². The Morgan fingerprint density at radius 3 is 1.29 bits per heavy atom. The Kier molecular flexibility index (Phi) is 6.53. The van der Waals surface area contributed by atoms with Crippen molar-refractivity contribution < 1.29 is 4.74 Å². The summed E-state index contributed by atoms with van der Waals surface area (Å²) in [6, 6.07) is 33.0. The third kappa shape index (κ3) is 5.66. The molecule has 0 saturated heterocycles. The van der Waals surface area contributed by atoms with Gasteiger partial charge in [0.2, 0.25) is 0 Å². The van der Waals surface area contributed by atoms with Gasteiger partial charge in [-0.3, -0.25) is 0 Å². The number of aromatic nitrogens is 4. The van der Waals surface area contributed by atoms with Crippen LogP contribution in [0.2, 0.25) is 0 Å². The van der Waals surface area contributed by atoms with E-state index in [9.17, 15) is 0 Å². The van der Waals surface area contributed by atoms with Gasteiger partial charge in [0.15, 0.2) is 0 Å². The summed E-state index contributed by atoms with van der Waals surface area (Å²) < 4.78 is 6.65. The van der Waals surface area contributed by atoms with E-state index >= 15 is 0 Å². The predicted molar refractivity (Wildman–Crippen MR) is 167 cm³/mol. The van der Waals surface area contributed by atoms with Crippen molar-refractivity contribution in [3.05, 3.63) is 108 Å². The summed E-state index contributed by atoms with van der Waals surface area (Å²) in [4.78, 5) is 0. The molecule has 0 N–H and O–H groups in total. The van der Waals surface area contributed by atoms with E-state index < -0.39 is 0 Å². The largest absolute Gasteiger partial charge is 0.457 e. The first-order chi connectivity index (χ1) is 19.5. The van der Waals surface area contributed by atoms with E-state index in [1.54, 1.807) is 0 Å². The first-order valence-electron chi connectivity index (χ1n) is 14.0. The minimum Gasteiger partial charge on any atom is -0.457 e. The van der Waals surface area contributed by atoms with Gasteiger partial charge < -0.3 is 4.74 Å². The lowest BCUT2D eigenvalue weighted by molar-refractivity contribution is 0.475. The first kappa shape index (κ1) is 26.6. The zero-order valence-corrected chi connectivity index (χ0v) is 24.4. The van der Waals surface area contributed by atoms with Gasteiger partial charge in [-0.2, -0.15) is 0 Å². The van der Waals surface area contributed by atoms with Crippen LogP contribution in [0.3, 0.4) is 0 Å². The second-order valence-corrected chi connectivity index (χ2v) is 12.7. The van der Waals surface area contributed by atoms with Crippen molar-refractivity contribution in [3.63, 3.8) is 0 Å². The van der Waals surface area contributed by atoms with E-state index in [1.807, 2.05) is 48.5 Å². The number of ether oxygens (including phenoxy) is 1. The van der Waals surface area contributed by atoms with Crippen molar-refractivity contribution in [2.75, 3.05) is 0 Å². The Balaban J connectivity index is 1.45. The highest BCUT2D eigenvalue weighted by Crippen LogP contribution is 2.37. The molecule has 0 aliphatic carbocycles. The van der Waals surface area contributed by atoms with Crippen molar-refractivity contribution >= 4 is 21.8 Å². The van der Waals surface area contributed by atoms with E-state index in [0.29, 0.717) is 0 Å². The summed E-state index contributed by atoms with van der Waals surface area (Å²) in [6.45, 7) is 13.2. The highest BCUT2D eigenvalue weighted by atomic mass is 16.5. The van der Waals surface area contributed by atoms with E-state index in [0.717, 1.165) is 66.9 Å². The van der Waals surface area contributed by atoms with Gasteiger partial charge in [-0.15, -0.1) is 20.4 Å². The Hall–Kier alpha value is -4.64. The second-order valence-electron chi connectivity index (χ2n) is 12.7. The lowest BCUT2D eigenvalue weighted by atomic mass is 9.85. The number of fused-ring (bicyclic) bond motifs is 2. The molecule has 0 fully saturated rings. The summed E-state index contributed by atoms with van der Waals surface area (Å²) in [5.74, 6) is 1.51. The van der Waals surface area contributed by atoms with Crippen LogP contribution in [-0.2, 0) is 10.8 Å². The van der Waals surface area contributed by atoms with Crippen LogP contribution in [-0.4, -0.2) is 20.4 Å². The van der Waals surface area contributed by atoms with Crippen LogP contribution in [0.5, 0.6) is 11.5 Å². The van der Waals surface area contributed by atoms with Crippen LogP contribution >= 0.6 is 0 Å². The van der Waals surface area contributed by atoms with Crippen molar-refractivity contribution in [3.8, 4) is 34.0 Å². The molecule has 0 bridgehead atoms. The fourth-order valence-corrected chi connectivity index (χ4v) is 4.87. The summed E-state index contributed by atoms with van der Waals surface area (Å²) >= 11 is 0. The van der Waals surface area contributed by atoms with Crippen molar-refractivity contribution in [1.29, 1.82) is 0 Å². The molecule has 2 heterocycles. The third-order valence-corrected chi connectivity index (χ3v) is 7.36. The van der Waals surface area contributed by atoms with Gasteiger partial charge >= 0.3 is 0 Å². The lowest BCUT2D eigenvalue weighted by Crippen LogP contribution is -2.12. The molecule has 0 unspecified atom stereocenters. The van der Waals surface area contributed by atoms with Gasteiger partial charge in [0.1, 0.15) is 11.5 Å². The topological polar surface area (TPSA) is 60.8 Å². The maximum atomic E-state index is 6.65. The van der Waals surface area contributed by atoms with E-state index in [2.05, 4.69) is 110 Å². The minimum atomic E-state index is -0.0858. The molecule has 0 saturated carbocycles. The predicted octanol–water partition coefficient (Wildman–Crippen LogP) is 9.29. The number of benzene rings is 4. The second kappa shape index (κ2) is 10.1. The highest BCUT2D eigenvalue weighted by molar-refractivity contribution is 5.83. The van der Waals surface area contributed by atoms with Crippen LogP contribution in [0.1, 0.15) is 52.7 Å². The first-order valence-corrected chi connectivity index (χ1v) is 14.0. The normalized spacial score (nSPS) is 12.1. The smallest absolute Gasteiger partial charge is 0.128 e. The fourth-order valence-electron chi connectivity index (χ4n) is 4.87. The quantitative estimate of drug-likeness (QED) is 0.224. The van der Waals surface area contributed by atoms with Crippen LogP contribution in [0.15, 0.2) is 97.1 Å². The molecule has 5 nitrogen and oxygen atoms in total. The summed E-state index contributed by atoms with van der Waals surface area (Å²) in [5, 5.41) is 20.1. The lowest BCUT2D eigenvalue weighted by Gasteiger charge is -2.23. The summed E-state index contributed by atoms with van der Waals surface area (Å²) in [7, 11) is 0. The summed E-state index contributed by atoms with van der Waals surface area (Å²) in [5.41, 5.74) is 7.47. The molecule has 2 aromatic heterocycles. The standard InChI is InChI=1S/C36H34N4O/c1-35(2,3)27-15-25(33-19-23-11-7-9-13-31(23)37-39-33)17-29(21-27)41-30-18-26(16-28(22-30)36(4,5)6)34-20-24-12-8-10-14-32(24)38-40-34/h7-22H,1-6H3. The SMILES string of the molecule is CC(C)(C)c1cc(Oc2cc(-c3cc4ccccc4nn3)cc(C(C)(C)C)c2)cc(-c2cc3ccccc3nn2)c1. The zero-order valence-electron chi connectivity index (χ0n) is 24.4. The molecule has 0 aliphatic heterocycles. The monoisotopic (exact) mass is 538 g/mol. The van der Waals surface area contributed by atoms with Crippen LogP contribution in [0.25, 0.3) is 44.3 Å². The Morgan fingerprint density at radius 1 is 0.463 bits per heavy atom. The molecular formula is C36H34N4O. The summed E-state index contributed by atoms with van der Waals surface area (Å²) in [6.07, 6.45) is 0. The fraction of sp³-hybridized carbons (Fsp3) is 0.222. The molecule has 0 aliphatic rings. The number of hydrogen-bond donors (Lipinski definition) is 0. The minimum absolute atomic E-state index is 0.0858. The Bertz CT molecular complexity index is 1760. The molecule has 0 amide bonds. The molecule has 0 radical (unpaired) electrons. The van der Waals surface area contributed by atoms with Gasteiger partial charge in [-0.05, 0) is 82.6 Å². The van der Waals surface area contributed by atoms with Crippen molar-refractivity contribution in [2.45, 2.75) is 52.4 Å². The highest BCUT2D eigenvalue weighted by Gasteiger charge is 2.20. The Labute approximate surface area is 241 Å². The molecule has 204 valence electrons. The average Bonchev–Trinajstić information content (AvgIpc) is 2.95. The van der Waals surface area contributed by atoms with E-state index in [1.165, 1.54) is 0 Å². The maximum Gasteiger partial charge on any atom is 0.128 e. The molecule has 4 aromatic carbocycles. The molecule has 6 aromatic rings. The molecule has 5 heteroatoms.